The zero-order chi connectivity index (χ0) is 9.80. The van der Waals surface area contributed by atoms with Crippen molar-refractivity contribution in [3.8, 4) is 0 Å². The maximum Gasteiger partial charge on any atom is 0.199 e. The summed E-state index contributed by atoms with van der Waals surface area (Å²) in [4.78, 5) is 0. The van der Waals surface area contributed by atoms with Gasteiger partial charge in [0, 0.05) is 20.0 Å². The average molecular weight is 190 g/mol. The number of ether oxygens (including phenoxy) is 2. The Labute approximate surface area is 84.2 Å². The van der Waals surface area contributed by atoms with Crippen molar-refractivity contribution in [3.63, 3.8) is 0 Å². The molecule has 1 aliphatic rings. The second kappa shape index (κ2) is 4.29. The topological polar surface area (TPSA) is 18.5 Å². The second-order valence-electron chi connectivity index (χ2n) is 3.34. The summed E-state index contributed by atoms with van der Waals surface area (Å²) >= 11 is 0. The predicted molar refractivity (Wildman–Crippen MR) is 55.5 cm³/mol. The molecule has 1 saturated heterocycles. The Kier molecular flexibility index (Phi) is 2.84. The van der Waals surface area contributed by atoms with Crippen LogP contribution in [0.25, 0.3) is 6.08 Å². The Morgan fingerprint density at radius 1 is 1.36 bits per heavy atom. The molecule has 2 heteroatoms. The molecule has 1 heterocycles. The van der Waals surface area contributed by atoms with Gasteiger partial charge in [-0.05, 0) is 11.6 Å². The fraction of sp³-hybridized carbons (Fsp3) is 0.333. The molecule has 1 aliphatic heterocycles. The van der Waals surface area contributed by atoms with E-state index >= 15 is 0 Å². The summed E-state index contributed by atoms with van der Waals surface area (Å²) in [6, 6.07) is 10.2. The van der Waals surface area contributed by atoms with Gasteiger partial charge in [-0.25, -0.2) is 0 Å². The molecule has 0 saturated carbocycles. The van der Waals surface area contributed by atoms with Gasteiger partial charge in [0.2, 0.25) is 0 Å². The molecular weight excluding hydrogens is 176 g/mol. The van der Waals surface area contributed by atoms with Gasteiger partial charge in [0.1, 0.15) is 5.76 Å². The number of benzene rings is 1. The molecule has 1 unspecified atom stereocenters. The summed E-state index contributed by atoms with van der Waals surface area (Å²) in [5.74, 6) is 1.02. The van der Waals surface area contributed by atoms with E-state index in [1.54, 1.807) is 7.11 Å². The van der Waals surface area contributed by atoms with Crippen LogP contribution in [-0.4, -0.2) is 13.4 Å². The molecule has 0 aromatic heterocycles. The first kappa shape index (κ1) is 9.28. The minimum absolute atomic E-state index is 0.0510. The first-order valence-corrected chi connectivity index (χ1v) is 4.83. The van der Waals surface area contributed by atoms with Crippen molar-refractivity contribution in [2.45, 2.75) is 19.1 Å². The van der Waals surface area contributed by atoms with E-state index in [9.17, 15) is 0 Å². The third kappa shape index (κ3) is 2.15. The van der Waals surface area contributed by atoms with Crippen LogP contribution in [0.5, 0.6) is 0 Å². The molecule has 0 spiro atoms. The van der Waals surface area contributed by atoms with E-state index in [1.165, 1.54) is 5.56 Å². The lowest BCUT2D eigenvalue weighted by molar-refractivity contribution is -0.0674. The lowest BCUT2D eigenvalue weighted by atomic mass is 10.2. The van der Waals surface area contributed by atoms with Crippen LogP contribution in [0, 0.1) is 0 Å². The third-order valence-corrected chi connectivity index (χ3v) is 2.30. The highest BCUT2D eigenvalue weighted by Crippen LogP contribution is 2.25. The quantitative estimate of drug-likeness (QED) is 0.714. The highest BCUT2D eigenvalue weighted by Gasteiger charge is 2.19. The molecule has 0 aliphatic carbocycles. The molecule has 0 radical (unpaired) electrons. The average Bonchev–Trinajstić information content (AvgIpc) is 2.67. The predicted octanol–water partition coefficient (Wildman–Crippen LogP) is 2.81. The standard InChI is InChI=1S/C12H14O2/c1-13-12-8-7-11(14-12)9-10-5-3-2-4-6-10/h2-6,9,12H,7-8H2,1H3/b11-9+. The Bertz CT molecular complexity index is 316. The molecule has 1 aromatic rings. The fourth-order valence-corrected chi connectivity index (χ4v) is 1.55. The molecule has 2 nitrogen and oxygen atoms in total. The van der Waals surface area contributed by atoms with Crippen molar-refractivity contribution >= 4 is 6.08 Å². The van der Waals surface area contributed by atoms with E-state index in [4.69, 9.17) is 9.47 Å². The van der Waals surface area contributed by atoms with Crippen LogP contribution in [0.1, 0.15) is 18.4 Å². The van der Waals surface area contributed by atoms with Crippen molar-refractivity contribution in [3.05, 3.63) is 41.7 Å². The fourth-order valence-electron chi connectivity index (χ4n) is 1.55. The maximum atomic E-state index is 5.55. The highest BCUT2D eigenvalue weighted by atomic mass is 16.7. The molecule has 1 atom stereocenters. The van der Waals surface area contributed by atoms with E-state index in [0.29, 0.717) is 0 Å². The minimum Gasteiger partial charge on any atom is -0.469 e. The van der Waals surface area contributed by atoms with Gasteiger partial charge in [-0.3, -0.25) is 0 Å². The Morgan fingerprint density at radius 2 is 2.14 bits per heavy atom. The number of methoxy groups -OCH3 is 1. The third-order valence-electron chi connectivity index (χ3n) is 2.30. The van der Waals surface area contributed by atoms with Crippen LogP contribution >= 0.6 is 0 Å². The summed E-state index contributed by atoms with van der Waals surface area (Å²) < 4.78 is 10.7. The van der Waals surface area contributed by atoms with Gasteiger partial charge in [0.25, 0.3) is 0 Å². The molecule has 0 N–H and O–H groups in total. The van der Waals surface area contributed by atoms with Gasteiger partial charge in [-0.15, -0.1) is 0 Å². The zero-order valence-electron chi connectivity index (χ0n) is 8.27. The lowest BCUT2D eigenvalue weighted by Crippen LogP contribution is -2.05. The van der Waals surface area contributed by atoms with E-state index < -0.39 is 0 Å². The SMILES string of the molecule is COC1CC/C(=C\c2ccccc2)O1. The summed E-state index contributed by atoms with van der Waals surface area (Å²) in [5.41, 5.74) is 1.18. The number of hydrogen-bond donors (Lipinski definition) is 0. The van der Waals surface area contributed by atoms with Gasteiger partial charge in [0.15, 0.2) is 6.29 Å². The van der Waals surface area contributed by atoms with Crippen LogP contribution < -0.4 is 0 Å². The number of hydrogen-bond acceptors (Lipinski definition) is 2. The molecule has 2 rings (SSSR count). The maximum absolute atomic E-state index is 5.55. The minimum atomic E-state index is -0.0510. The van der Waals surface area contributed by atoms with Crippen LogP contribution in [-0.2, 0) is 9.47 Å². The van der Waals surface area contributed by atoms with Crippen LogP contribution in [0.3, 0.4) is 0 Å². The van der Waals surface area contributed by atoms with Crippen molar-refractivity contribution in [1.29, 1.82) is 0 Å². The van der Waals surface area contributed by atoms with Crippen molar-refractivity contribution in [2.75, 3.05) is 7.11 Å². The first-order chi connectivity index (χ1) is 6.88. The molecule has 1 aromatic carbocycles. The molecule has 0 amide bonds. The Morgan fingerprint density at radius 3 is 2.79 bits per heavy atom. The smallest absolute Gasteiger partial charge is 0.199 e. The zero-order valence-corrected chi connectivity index (χ0v) is 8.27. The van der Waals surface area contributed by atoms with Crippen molar-refractivity contribution in [2.24, 2.45) is 0 Å². The van der Waals surface area contributed by atoms with Gasteiger partial charge < -0.3 is 9.47 Å². The normalized spacial score (nSPS) is 23.8. The molecule has 74 valence electrons. The van der Waals surface area contributed by atoms with Crippen molar-refractivity contribution in [1.82, 2.24) is 0 Å². The summed E-state index contributed by atoms with van der Waals surface area (Å²) in [6.07, 6.45) is 3.94. The summed E-state index contributed by atoms with van der Waals surface area (Å²) in [6.45, 7) is 0. The highest BCUT2D eigenvalue weighted by molar-refractivity contribution is 5.51. The Hall–Kier alpha value is -1.28. The Balaban J connectivity index is 2.06. The van der Waals surface area contributed by atoms with Crippen LogP contribution in [0.15, 0.2) is 36.1 Å². The lowest BCUT2D eigenvalue weighted by Gasteiger charge is -2.07. The molecule has 1 fully saturated rings. The van der Waals surface area contributed by atoms with Gasteiger partial charge >= 0.3 is 0 Å². The van der Waals surface area contributed by atoms with E-state index in [1.807, 2.05) is 18.2 Å². The number of allylic oxidation sites excluding steroid dienone is 1. The van der Waals surface area contributed by atoms with E-state index in [-0.39, 0.29) is 6.29 Å². The molecule has 0 bridgehead atoms. The molecular formula is C12H14O2. The van der Waals surface area contributed by atoms with Gasteiger partial charge in [-0.1, -0.05) is 30.3 Å². The van der Waals surface area contributed by atoms with Gasteiger partial charge in [0.05, 0.1) is 0 Å². The summed E-state index contributed by atoms with van der Waals surface area (Å²) in [5, 5.41) is 0. The van der Waals surface area contributed by atoms with Crippen molar-refractivity contribution < 1.29 is 9.47 Å². The first-order valence-electron chi connectivity index (χ1n) is 4.83. The largest absolute Gasteiger partial charge is 0.469 e. The van der Waals surface area contributed by atoms with E-state index in [0.717, 1.165) is 18.6 Å². The van der Waals surface area contributed by atoms with Crippen LogP contribution in [0.4, 0.5) is 0 Å². The molecule has 14 heavy (non-hydrogen) atoms. The summed E-state index contributed by atoms with van der Waals surface area (Å²) in [7, 11) is 1.68. The van der Waals surface area contributed by atoms with E-state index in [2.05, 4.69) is 18.2 Å². The van der Waals surface area contributed by atoms with Gasteiger partial charge in [-0.2, -0.15) is 0 Å². The second-order valence-corrected chi connectivity index (χ2v) is 3.34. The monoisotopic (exact) mass is 190 g/mol. The number of rotatable bonds is 2. The van der Waals surface area contributed by atoms with Crippen LogP contribution in [0.2, 0.25) is 0 Å².